The Morgan fingerprint density at radius 3 is 2.85 bits per heavy atom. The van der Waals surface area contributed by atoms with E-state index in [0.717, 1.165) is 19.4 Å². The monoisotopic (exact) mass is 409 g/mol. The second kappa shape index (κ2) is 9.08. The normalized spacial score (nSPS) is 16.8. The van der Waals surface area contributed by atoms with E-state index >= 15 is 0 Å². The number of hydrogen-bond acceptors (Lipinski definition) is 5. The summed E-state index contributed by atoms with van der Waals surface area (Å²) >= 11 is 7.37. The Morgan fingerprint density at radius 1 is 1.41 bits per heavy atom. The van der Waals surface area contributed by atoms with E-state index in [9.17, 15) is 9.59 Å². The van der Waals surface area contributed by atoms with Gasteiger partial charge in [-0.3, -0.25) is 14.2 Å². The lowest BCUT2D eigenvalue weighted by Gasteiger charge is -2.19. The van der Waals surface area contributed by atoms with Crippen LogP contribution in [0.1, 0.15) is 26.7 Å². The number of nitrogens with zero attached hydrogens (tertiary/aromatic N) is 3. The molecule has 6 nitrogen and oxygen atoms in total. The molecule has 1 aliphatic rings. The van der Waals surface area contributed by atoms with Gasteiger partial charge in [0, 0.05) is 24.7 Å². The Hall–Kier alpha value is -1.57. The SMILES string of the molecule is CCN(CC)C(=O)CSc1nc2cc(Cl)ccc2c(=O)n1C[C@@H]1CCCO1. The lowest BCUT2D eigenvalue weighted by Crippen LogP contribution is -2.33. The van der Waals surface area contributed by atoms with Crippen LogP contribution in [0.5, 0.6) is 0 Å². The van der Waals surface area contributed by atoms with E-state index in [-0.39, 0.29) is 23.3 Å². The van der Waals surface area contributed by atoms with Crippen LogP contribution < -0.4 is 5.56 Å². The van der Waals surface area contributed by atoms with Gasteiger partial charge in [-0.05, 0) is 44.9 Å². The molecule has 0 radical (unpaired) electrons. The van der Waals surface area contributed by atoms with E-state index in [2.05, 4.69) is 4.98 Å². The van der Waals surface area contributed by atoms with Gasteiger partial charge in [-0.1, -0.05) is 23.4 Å². The van der Waals surface area contributed by atoms with Gasteiger partial charge in [0.15, 0.2) is 5.16 Å². The zero-order chi connectivity index (χ0) is 19.4. The molecule has 27 heavy (non-hydrogen) atoms. The molecule has 0 bridgehead atoms. The van der Waals surface area contributed by atoms with Crippen LogP contribution >= 0.6 is 23.4 Å². The van der Waals surface area contributed by atoms with Crippen LogP contribution in [0, 0.1) is 0 Å². The first-order valence-corrected chi connectivity index (χ1v) is 10.6. The van der Waals surface area contributed by atoms with E-state index < -0.39 is 0 Å². The molecular weight excluding hydrogens is 386 g/mol. The number of thioether (sulfide) groups is 1. The van der Waals surface area contributed by atoms with Crippen molar-refractivity contribution in [3.63, 3.8) is 0 Å². The largest absolute Gasteiger partial charge is 0.376 e. The molecule has 0 unspecified atom stereocenters. The second-order valence-electron chi connectivity index (χ2n) is 6.46. The quantitative estimate of drug-likeness (QED) is 0.519. The summed E-state index contributed by atoms with van der Waals surface area (Å²) < 4.78 is 7.35. The van der Waals surface area contributed by atoms with E-state index in [1.165, 1.54) is 11.8 Å². The fraction of sp³-hybridized carbons (Fsp3) is 0.526. The maximum Gasteiger partial charge on any atom is 0.262 e. The summed E-state index contributed by atoms with van der Waals surface area (Å²) in [5.41, 5.74) is 0.429. The molecule has 2 aromatic rings. The molecule has 1 aromatic carbocycles. The highest BCUT2D eigenvalue weighted by molar-refractivity contribution is 7.99. The van der Waals surface area contributed by atoms with Crippen molar-refractivity contribution in [3.05, 3.63) is 33.6 Å². The number of hydrogen-bond donors (Lipinski definition) is 0. The summed E-state index contributed by atoms with van der Waals surface area (Å²) in [4.78, 5) is 31.8. The van der Waals surface area contributed by atoms with Gasteiger partial charge < -0.3 is 9.64 Å². The van der Waals surface area contributed by atoms with Gasteiger partial charge in [0.05, 0.1) is 29.3 Å². The Bertz CT molecular complexity index is 876. The number of aromatic nitrogens is 2. The third-order valence-electron chi connectivity index (χ3n) is 4.73. The minimum atomic E-state index is -0.120. The molecule has 1 aromatic heterocycles. The highest BCUT2D eigenvalue weighted by Crippen LogP contribution is 2.23. The van der Waals surface area contributed by atoms with Crippen LogP contribution in [0.15, 0.2) is 28.2 Å². The van der Waals surface area contributed by atoms with Gasteiger partial charge in [-0.25, -0.2) is 4.98 Å². The highest BCUT2D eigenvalue weighted by atomic mass is 35.5. The third-order valence-corrected chi connectivity index (χ3v) is 5.93. The number of rotatable bonds is 7. The molecule has 0 saturated carbocycles. The van der Waals surface area contributed by atoms with Gasteiger partial charge in [0.1, 0.15) is 0 Å². The third kappa shape index (κ3) is 4.65. The second-order valence-corrected chi connectivity index (χ2v) is 7.84. The first-order valence-electron chi connectivity index (χ1n) is 9.25. The first kappa shape index (κ1) is 20.2. The van der Waals surface area contributed by atoms with Crippen molar-refractivity contribution >= 4 is 40.2 Å². The zero-order valence-electron chi connectivity index (χ0n) is 15.6. The summed E-state index contributed by atoms with van der Waals surface area (Å²) in [6, 6.07) is 5.08. The molecule has 0 N–H and O–H groups in total. The fourth-order valence-corrected chi connectivity index (χ4v) is 4.31. The van der Waals surface area contributed by atoms with Crippen LogP contribution in [0.4, 0.5) is 0 Å². The van der Waals surface area contributed by atoms with Gasteiger partial charge in [0.2, 0.25) is 5.91 Å². The molecular formula is C19H24ClN3O3S. The average Bonchev–Trinajstić information content (AvgIpc) is 3.16. The molecule has 2 heterocycles. The zero-order valence-corrected chi connectivity index (χ0v) is 17.2. The predicted molar refractivity (Wildman–Crippen MR) is 109 cm³/mol. The standard InChI is InChI=1S/C19H24ClN3O3S/c1-3-22(4-2)17(24)12-27-19-21-16-10-13(20)7-8-15(16)18(25)23(19)11-14-6-5-9-26-14/h7-8,10,14H,3-6,9,11-12H2,1-2H3/t14-/m0/s1. The molecule has 1 fully saturated rings. The molecule has 8 heteroatoms. The summed E-state index contributed by atoms with van der Waals surface area (Å²) in [5, 5.41) is 1.59. The predicted octanol–water partition coefficient (Wildman–Crippen LogP) is 3.19. The number of amides is 1. The van der Waals surface area contributed by atoms with E-state index in [4.69, 9.17) is 16.3 Å². The summed E-state index contributed by atoms with van der Waals surface area (Å²) in [6.07, 6.45) is 1.93. The lowest BCUT2D eigenvalue weighted by molar-refractivity contribution is -0.127. The van der Waals surface area contributed by atoms with Crippen molar-refractivity contribution in [3.8, 4) is 0 Å². The molecule has 1 aliphatic heterocycles. The number of carbonyl (C=O) groups is 1. The molecule has 1 saturated heterocycles. The summed E-state index contributed by atoms with van der Waals surface area (Å²) in [7, 11) is 0. The van der Waals surface area contributed by atoms with Gasteiger partial charge >= 0.3 is 0 Å². The minimum absolute atomic E-state index is 0.00656. The number of ether oxygens (including phenoxy) is 1. The van der Waals surface area contributed by atoms with Crippen LogP contribution in [0.25, 0.3) is 10.9 Å². The maximum atomic E-state index is 13.1. The molecule has 1 atom stereocenters. The molecule has 0 aliphatic carbocycles. The van der Waals surface area contributed by atoms with Gasteiger partial charge in [-0.2, -0.15) is 0 Å². The Labute approximate surface area is 167 Å². The Morgan fingerprint density at radius 2 is 2.19 bits per heavy atom. The van der Waals surface area contributed by atoms with Crippen LogP contribution in [0.2, 0.25) is 5.02 Å². The van der Waals surface area contributed by atoms with Crippen LogP contribution in [-0.4, -0.2) is 51.9 Å². The average molecular weight is 410 g/mol. The van der Waals surface area contributed by atoms with Crippen molar-refractivity contribution in [2.45, 2.75) is 44.5 Å². The Kier molecular flexibility index (Phi) is 6.78. The first-order chi connectivity index (χ1) is 13.0. The van der Waals surface area contributed by atoms with Crippen molar-refractivity contribution in [2.75, 3.05) is 25.4 Å². The van der Waals surface area contributed by atoms with Crippen LogP contribution in [-0.2, 0) is 16.1 Å². The van der Waals surface area contributed by atoms with Gasteiger partial charge in [-0.15, -0.1) is 0 Å². The van der Waals surface area contributed by atoms with Gasteiger partial charge in [0.25, 0.3) is 5.56 Å². The smallest absolute Gasteiger partial charge is 0.262 e. The molecule has 3 rings (SSSR count). The topological polar surface area (TPSA) is 64.4 Å². The number of benzene rings is 1. The van der Waals surface area contributed by atoms with Crippen LogP contribution in [0.3, 0.4) is 0 Å². The van der Waals surface area contributed by atoms with E-state index in [0.29, 0.717) is 40.7 Å². The van der Waals surface area contributed by atoms with E-state index in [1.54, 1.807) is 27.7 Å². The minimum Gasteiger partial charge on any atom is -0.376 e. The van der Waals surface area contributed by atoms with Crippen molar-refractivity contribution in [1.82, 2.24) is 14.5 Å². The van der Waals surface area contributed by atoms with Crippen molar-refractivity contribution in [1.29, 1.82) is 0 Å². The Balaban J connectivity index is 1.94. The molecule has 0 spiro atoms. The number of fused-ring (bicyclic) bond motifs is 1. The molecule has 1 amide bonds. The summed E-state index contributed by atoms with van der Waals surface area (Å²) in [6.45, 7) is 6.41. The van der Waals surface area contributed by atoms with E-state index in [1.807, 2.05) is 13.8 Å². The fourth-order valence-electron chi connectivity index (χ4n) is 3.23. The number of carbonyl (C=O) groups excluding carboxylic acids is 1. The lowest BCUT2D eigenvalue weighted by atomic mass is 10.2. The summed E-state index contributed by atoms with van der Waals surface area (Å²) in [5.74, 6) is 0.278. The molecule has 146 valence electrons. The number of halogens is 1. The van der Waals surface area contributed by atoms with Crippen molar-refractivity contribution < 1.29 is 9.53 Å². The van der Waals surface area contributed by atoms with Crippen molar-refractivity contribution in [2.24, 2.45) is 0 Å². The highest BCUT2D eigenvalue weighted by Gasteiger charge is 2.21. The maximum absolute atomic E-state index is 13.1.